The Labute approximate surface area is 343 Å². The molecule has 58 heavy (non-hydrogen) atoms. The molecule has 0 bridgehead atoms. The highest BCUT2D eigenvalue weighted by atomic mass is 35.5. The maximum atomic E-state index is 13.1. The summed E-state index contributed by atoms with van der Waals surface area (Å²) < 4.78 is 62.1. The minimum atomic E-state index is -4.61. The summed E-state index contributed by atoms with van der Waals surface area (Å²) in [5.74, 6) is 2.44. The van der Waals surface area contributed by atoms with E-state index in [1.54, 1.807) is 12.1 Å². The van der Waals surface area contributed by atoms with E-state index in [-0.39, 0.29) is 23.2 Å². The molecule has 13 heteroatoms. The van der Waals surface area contributed by atoms with Crippen LogP contribution in [0.4, 0.5) is 18.9 Å². The highest BCUT2D eigenvalue weighted by Gasteiger charge is 2.54. The summed E-state index contributed by atoms with van der Waals surface area (Å²) in [6.45, 7) is 7.69. The van der Waals surface area contributed by atoms with Crippen molar-refractivity contribution < 1.29 is 42.0 Å². The first-order chi connectivity index (χ1) is 27.8. The zero-order chi connectivity index (χ0) is 40.7. The van der Waals surface area contributed by atoms with Crippen LogP contribution in [-0.2, 0) is 27.8 Å². The maximum Gasteiger partial charge on any atom is 0.522 e. The number of fused-ring (bicyclic) bond motifs is 4. The van der Waals surface area contributed by atoms with E-state index in [0.29, 0.717) is 106 Å². The molecule has 2 aliphatic heterocycles. The number of piperidine rings is 1. The molecule has 3 heterocycles. The lowest BCUT2D eigenvalue weighted by Gasteiger charge is -2.47. The molecule has 4 atom stereocenters. The average molecular weight is 826 g/mol. The fourth-order valence-corrected chi connectivity index (χ4v) is 10.9. The number of aryl methyl sites for hydroxylation is 1. The van der Waals surface area contributed by atoms with Crippen molar-refractivity contribution in [3.63, 3.8) is 0 Å². The number of rotatable bonds is 11. The second kappa shape index (κ2) is 16.7. The highest BCUT2D eigenvalue weighted by molar-refractivity contribution is 6.30. The van der Waals surface area contributed by atoms with Crippen molar-refractivity contribution >= 4 is 23.3 Å². The van der Waals surface area contributed by atoms with Gasteiger partial charge in [0.2, 0.25) is 0 Å². The van der Waals surface area contributed by atoms with Crippen molar-refractivity contribution in [3.8, 4) is 17.2 Å². The van der Waals surface area contributed by atoms with Crippen LogP contribution >= 0.6 is 11.6 Å². The smallest absolute Gasteiger partial charge is 0.493 e. The van der Waals surface area contributed by atoms with Gasteiger partial charge in [-0.2, -0.15) is 0 Å². The van der Waals surface area contributed by atoms with Crippen LogP contribution in [-0.4, -0.2) is 78.4 Å². The van der Waals surface area contributed by atoms with Crippen LogP contribution in [0.2, 0.25) is 5.02 Å². The Hall–Kier alpha value is -3.74. The zero-order valence-electron chi connectivity index (χ0n) is 33.4. The Morgan fingerprint density at radius 2 is 1.81 bits per heavy atom. The molecule has 1 saturated heterocycles. The molecule has 1 saturated carbocycles. The van der Waals surface area contributed by atoms with Gasteiger partial charge >= 0.3 is 12.3 Å². The van der Waals surface area contributed by atoms with Gasteiger partial charge in [0, 0.05) is 53.7 Å². The summed E-state index contributed by atoms with van der Waals surface area (Å²) in [6, 6.07) is 13.6. The number of nitrogens with one attached hydrogen (secondary N) is 1. The Kier molecular flexibility index (Phi) is 11.8. The number of likely N-dealkylation sites (tertiary alicyclic amines) is 1. The highest BCUT2D eigenvalue weighted by Crippen LogP contribution is 2.58. The van der Waals surface area contributed by atoms with E-state index in [9.17, 15) is 23.1 Å². The van der Waals surface area contributed by atoms with Gasteiger partial charge < -0.3 is 29.5 Å². The molecule has 9 nitrogen and oxygen atoms in total. The van der Waals surface area contributed by atoms with Gasteiger partial charge in [-0.3, -0.25) is 9.72 Å². The number of anilines is 1. The number of alkyl halides is 3. The first-order valence-corrected chi connectivity index (χ1v) is 21.4. The molecular formula is C45H55ClF3N3O6. The van der Waals surface area contributed by atoms with Crippen molar-refractivity contribution in [1.29, 1.82) is 0 Å². The number of hydrogen-bond acceptors (Lipinski definition) is 8. The van der Waals surface area contributed by atoms with Gasteiger partial charge in [-0.25, -0.2) is 4.79 Å². The second-order valence-corrected chi connectivity index (χ2v) is 18.1. The molecule has 0 amide bonds. The van der Waals surface area contributed by atoms with Crippen LogP contribution in [0.3, 0.4) is 0 Å². The number of benzene rings is 2. The van der Waals surface area contributed by atoms with Crippen LogP contribution in [0.5, 0.6) is 17.2 Å². The van der Waals surface area contributed by atoms with Crippen molar-refractivity contribution in [2.75, 3.05) is 44.8 Å². The summed E-state index contributed by atoms with van der Waals surface area (Å²) in [5.41, 5.74) is 4.12. The number of carboxylic acid groups (broad SMARTS) is 1. The summed E-state index contributed by atoms with van der Waals surface area (Å²) in [4.78, 5) is 19.9. The van der Waals surface area contributed by atoms with E-state index in [2.05, 4.69) is 45.9 Å². The minimum Gasteiger partial charge on any atom is -0.493 e. The molecule has 3 aromatic rings. The number of hydrogen-bond donors (Lipinski definition) is 2. The third-order valence-corrected chi connectivity index (χ3v) is 13.9. The van der Waals surface area contributed by atoms with Crippen LogP contribution in [0.25, 0.3) is 0 Å². The molecule has 0 radical (unpaired) electrons. The number of nitrogens with zero attached hydrogens (tertiary/aromatic N) is 2. The van der Waals surface area contributed by atoms with E-state index in [4.69, 9.17) is 25.8 Å². The molecule has 2 aromatic carbocycles. The van der Waals surface area contributed by atoms with Gasteiger partial charge in [-0.15, -0.1) is 13.2 Å². The van der Waals surface area contributed by atoms with E-state index < -0.39 is 24.0 Å². The number of aliphatic carboxylic acids is 1. The molecule has 5 aliphatic rings. The number of pyridine rings is 1. The summed E-state index contributed by atoms with van der Waals surface area (Å²) >= 11 is 6.30. The monoisotopic (exact) mass is 825 g/mol. The Morgan fingerprint density at radius 3 is 2.52 bits per heavy atom. The third kappa shape index (κ3) is 8.75. The van der Waals surface area contributed by atoms with E-state index in [0.717, 1.165) is 43.5 Å². The number of aromatic nitrogens is 1. The topological polar surface area (TPSA) is 102 Å². The molecule has 314 valence electrons. The molecule has 3 aliphatic carbocycles. The number of ether oxygens (including phenoxy) is 4. The second-order valence-electron chi connectivity index (χ2n) is 17.7. The van der Waals surface area contributed by atoms with E-state index in [1.807, 2.05) is 24.4 Å². The number of halogens is 4. The Balaban J connectivity index is 0.996. The van der Waals surface area contributed by atoms with Gasteiger partial charge in [0.05, 0.1) is 25.9 Å². The van der Waals surface area contributed by atoms with Gasteiger partial charge in [-0.1, -0.05) is 31.5 Å². The lowest BCUT2D eigenvalue weighted by atomic mass is 9.59. The average Bonchev–Trinajstić information content (AvgIpc) is 3.31. The van der Waals surface area contributed by atoms with Crippen LogP contribution in [0, 0.1) is 17.8 Å². The first-order valence-electron chi connectivity index (χ1n) is 21.1. The van der Waals surface area contributed by atoms with Gasteiger partial charge in [-0.05, 0) is 141 Å². The fourth-order valence-electron chi connectivity index (χ4n) is 10.7. The molecular weight excluding hydrogens is 771 g/mol. The van der Waals surface area contributed by atoms with Gasteiger partial charge in [0.25, 0.3) is 0 Å². The van der Waals surface area contributed by atoms with Crippen LogP contribution in [0.1, 0.15) is 99.9 Å². The van der Waals surface area contributed by atoms with Crippen molar-refractivity contribution in [1.82, 2.24) is 9.88 Å². The molecule has 2 fully saturated rings. The lowest BCUT2D eigenvalue weighted by molar-refractivity contribution is -0.345. The Bertz CT molecular complexity index is 1950. The van der Waals surface area contributed by atoms with Crippen molar-refractivity contribution in [2.24, 2.45) is 17.8 Å². The van der Waals surface area contributed by atoms with Crippen molar-refractivity contribution in [2.45, 2.75) is 114 Å². The van der Waals surface area contributed by atoms with Crippen molar-refractivity contribution in [3.05, 3.63) is 76.1 Å². The van der Waals surface area contributed by atoms with Crippen LogP contribution in [0.15, 0.2) is 48.7 Å². The summed E-state index contributed by atoms with van der Waals surface area (Å²) in [7, 11) is 0. The Morgan fingerprint density at radius 1 is 1.07 bits per heavy atom. The fraction of sp³-hybridized carbons (Fsp3) is 0.600. The standard InChI is InChI=1S/C45H55ClF3N3O6/c1-28(25-55-38-9-16-50-37-8-3-5-29(2)41(37)38)19-32-20-31-21-39-40(57-27-30(26-56-39)24-52-17-10-35(11-18-52)58-45(47,48)49)23-36(31)43(32)12-14-44(15-13-43,42(53)54)51-34-7-4-6-33(46)22-34/h4,6-7,9,16,21-23,28-30,32,35,51H,3,5,8,10-15,17-20,24-27H2,1-2H3,(H,53,54)/t28-,29-,30?,32+,43?,44?/m1/s1. The molecule has 2 N–H and O–H groups in total. The maximum absolute atomic E-state index is 13.1. The molecule has 8 rings (SSSR count). The molecule has 1 aromatic heterocycles. The molecule has 1 unspecified atom stereocenters. The van der Waals surface area contributed by atoms with Crippen LogP contribution < -0.4 is 19.5 Å². The molecule has 1 spiro atoms. The summed E-state index contributed by atoms with van der Waals surface area (Å²) in [5, 5.41) is 14.6. The normalized spacial score (nSPS) is 28.0. The van der Waals surface area contributed by atoms with E-state index in [1.165, 1.54) is 16.7 Å². The summed E-state index contributed by atoms with van der Waals surface area (Å²) in [6.07, 6.45) is 4.39. The van der Waals surface area contributed by atoms with Gasteiger partial charge in [0.15, 0.2) is 11.5 Å². The van der Waals surface area contributed by atoms with Gasteiger partial charge in [0.1, 0.15) is 11.3 Å². The zero-order valence-corrected chi connectivity index (χ0v) is 34.2. The quantitative estimate of drug-likeness (QED) is 0.196. The predicted octanol–water partition coefficient (Wildman–Crippen LogP) is 9.59. The minimum absolute atomic E-state index is 0.0438. The number of carbonyl (C=O) groups is 1. The van der Waals surface area contributed by atoms with E-state index >= 15 is 0 Å². The predicted molar refractivity (Wildman–Crippen MR) is 215 cm³/mol. The third-order valence-electron chi connectivity index (χ3n) is 13.7. The SMILES string of the molecule is C[C@@H](COc1ccnc2c1[C@H](C)CCC2)C[C@H]1Cc2cc3c(cc2C12CCC(Nc1cccc(Cl)c1)(C(=O)O)CC2)OCC(CN1CCC(OC(F)(F)F)CC1)CO3. The first kappa shape index (κ1) is 41.0. The lowest BCUT2D eigenvalue weighted by Crippen LogP contribution is -2.53. The largest absolute Gasteiger partial charge is 0.522 e. The number of carboxylic acids is 1.